The number of nitrogens with zero attached hydrogens (tertiary/aromatic N) is 11. The summed E-state index contributed by atoms with van der Waals surface area (Å²) in [6.45, 7) is 0. The quantitative estimate of drug-likeness (QED) is 0.136. The van der Waals surface area contributed by atoms with Crippen LogP contribution in [0.1, 0.15) is 6.85 Å². The van der Waals surface area contributed by atoms with E-state index in [1.165, 1.54) is 5.56 Å². The van der Waals surface area contributed by atoms with Crippen molar-refractivity contribution in [2.24, 2.45) is 0 Å². The summed E-state index contributed by atoms with van der Waals surface area (Å²) in [6.07, 6.45) is 3.47. The molecule has 0 aliphatic carbocycles. The molecule has 22 rings (SSSR count). The molecule has 11 heterocycles. The van der Waals surface area contributed by atoms with E-state index in [0.717, 1.165) is 127 Å². The van der Waals surface area contributed by atoms with E-state index in [-0.39, 0.29) is 55.5 Å². The third-order valence-electron chi connectivity index (χ3n) is 18.3. The lowest BCUT2D eigenvalue weighted by atomic mass is 10.00. The molecule has 0 aliphatic heterocycles. The molecule has 0 N–H and O–H groups in total. The maximum atomic E-state index is 8.17. The zero-order valence-corrected chi connectivity index (χ0v) is 61.8. The number of fused-ring (bicyclic) bond motifs is 15. The summed E-state index contributed by atoms with van der Waals surface area (Å²) in [5, 5.41) is 9.18. The van der Waals surface area contributed by atoms with Crippen LogP contribution in [-0.2, 0) is 0 Å². The predicted molar refractivity (Wildman–Crippen MR) is 447 cm³/mol. The largest absolute Gasteiger partial charge is 0.438 e. The second kappa shape index (κ2) is 30.8. The van der Waals surface area contributed by atoms with Gasteiger partial charge in [0.1, 0.15) is 27.9 Å². The second-order valence-electron chi connectivity index (χ2n) is 25.1. The maximum Gasteiger partial charge on any atom is 0.232 e. The van der Waals surface area contributed by atoms with Crippen LogP contribution < -0.4 is 0 Å². The van der Waals surface area contributed by atoms with Crippen LogP contribution in [0.2, 0.25) is 26.4 Å². The zero-order chi connectivity index (χ0) is 80.0. The van der Waals surface area contributed by atoms with Crippen molar-refractivity contribution in [3.05, 3.63) is 342 Å². The lowest BCUT2D eigenvalue weighted by Gasteiger charge is -2.07. The number of hydrogen-bond donors (Lipinski definition) is 0. The van der Waals surface area contributed by atoms with Gasteiger partial charge >= 0.3 is 0 Å². The average molecular weight is 1560 g/mol. The van der Waals surface area contributed by atoms with Gasteiger partial charge in [-0.1, -0.05) is 255 Å². The molecule has 0 amide bonds. The molecule has 0 radical (unpaired) electrons. The van der Waals surface area contributed by atoms with E-state index in [4.69, 9.17) is 86.9 Å². The smallest absolute Gasteiger partial charge is 0.232 e. The van der Waals surface area contributed by atoms with Crippen molar-refractivity contribution in [1.82, 2.24) is 54.8 Å². The molecule has 112 heavy (non-hydrogen) atoms. The van der Waals surface area contributed by atoms with Crippen LogP contribution in [0.3, 0.4) is 0 Å². The van der Waals surface area contributed by atoms with Crippen molar-refractivity contribution >= 4 is 168 Å². The first-order valence-electron chi connectivity index (χ1n) is 37.2. The SMILES string of the molecule is Clc1nc(-c2ccc(-c3ccccc3)cc2)c2c(n1)oc1ccccc12.Clc1nc(-c2cccc(-c3ccccc3)c2)c2c(n1)oc1ccccc12.Clc1nc(-c2ccccc2)c2c(n1)oc1ccccc12.Clc1nc(-c2cccnc2)c2c(n1)oc1ccccc12.[2H]c1c([2H])c([2H])c(-c2nc(Cl)nc3oc4ccccc4c23)c([2H])c1[2H]. The van der Waals surface area contributed by atoms with Crippen LogP contribution in [0, 0.1) is 0 Å². The molecule has 0 aliphatic rings. The van der Waals surface area contributed by atoms with Crippen molar-refractivity contribution in [1.29, 1.82) is 0 Å². The molecule has 0 atom stereocenters. The Morgan fingerprint density at radius 2 is 0.491 bits per heavy atom. The van der Waals surface area contributed by atoms with E-state index >= 15 is 0 Å². The number of benzene rings is 11. The second-order valence-corrected chi connectivity index (χ2v) is 26.8. The molecule has 21 heteroatoms. The molecule has 0 saturated heterocycles. The first kappa shape index (κ1) is 64.4. The Balaban J connectivity index is 0.000000101. The van der Waals surface area contributed by atoms with Crippen molar-refractivity contribution < 1.29 is 28.9 Å². The van der Waals surface area contributed by atoms with Crippen molar-refractivity contribution in [2.75, 3.05) is 0 Å². The third kappa shape index (κ3) is 14.1. The Morgan fingerprint density at radius 1 is 0.223 bits per heavy atom. The number of halogens is 5. The summed E-state index contributed by atoms with van der Waals surface area (Å²) < 4.78 is 68.7. The Hall–Kier alpha value is -13.6. The van der Waals surface area contributed by atoms with Gasteiger partial charge in [0.15, 0.2) is 0 Å². The number of furan rings is 5. The molecule has 0 fully saturated rings. The molecule has 16 nitrogen and oxygen atoms in total. The number of pyridine rings is 1. The number of para-hydroxylation sites is 5. The van der Waals surface area contributed by atoms with Crippen molar-refractivity contribution in [3.63, 3.8) is 0 Å². The highest BCUT2D eigenvalue weighted by Gasteiger charge is 2.23. The predicted octanol–water partition coefficient (Wildman–Crippen LogP) is 26.2. The Bertz CT molecular complexity index is 7380. The summed E-state index contributed by atoms with van der Waals surface area (Å²) in [6, 6.07) is 87.2. The van der Waals surface area contributed by atoms with Crippen LogP contribution in [-0.4, -0.2) is 54.8 Å². The number of rotatable bonds is 7. The Kier molecular flexibility index (Phi) is 17.7. The number of hydrogen-bond acceptors (Lipinski definition) is 16. The van der Waals surface area contributed by atoms with Crippen LogP contribution >= 0.6 is 58.0 Å². The van der Waals surface area contributed by atoms with Crippen molar-refractivity contribution in [2.45, 2.75) is 0 Å². The number of aromatic nitrogens is 11. The molecular formula is C91H52Cl5N11O5. The van der Waals surface area contributed by atoms with E-state index in [9.17, 15) is 0 Å². The van der Waals surface area contributed by atoms with Gasteiger partial charge in [-0.25, -0.2) is 24.9 Å². The molecule has 0 bridgehead atoms. The van der Waals surface area contributed by atoms with Crippen LogP contribution in [0.15, 0.2) is 338 Å². The van der Waals surface area contributed by atoms with E-state index in [1.54, 1.807) is 36.7 Å². The lowest BCUT2D eigenvalue weighted by molar-refractivity contribution is 0.652. The van der Waals surface area contributed by atoms with E-state index in [0.29, 0.717) is 39.2 Å². The van der Waals surface area contributed by atoms with Gasteiger partial charge in [-0.2, -0.15) is 24.9 Å². The fraction of sp³-hybridized carbons (Fsp3) is 0. The van der Waals surface area contributed by atoms with Gasteiger partial charge < -0.3 is 22.1 Å². The highest BCUT2D eigenvalue weighted by Crippen LogP contribution is 2.42. The summed E-state index contributed by atoms with van der Waals surface area (Å²) in [7, 11) is 0. The topological polar surface area (TPSA) is 207 Å². The summed E-state index contributed by atoms with van der Waals surface area (Å²) in [4.78, 5) is 47.0. The molecule has 0 spiro atoms. The summed E-state index contributed by atoms with van der Waals surface area (Å²) in [5.41, 5.74) is 17.5. The first-order chi connectivity index (χ1) is 57.1. The standard InChI is InChI=1S/2C22H13ClN2O.2C16H9ClN2O.C15H8ClN3O/c23-22-24-20(19-17-11-4-5-12-18(17)26-21(19)25-22)16-10-6-9-15(13-16)14-7-2-1-3-8-14;23-22-24-20(19-17-8-4-5-9-18(17)26-21(19)25-22)16-12-10-15(11-13-16)14-6-2-1-3-7-14;2*17-16-18-14(10-6-2-1-3-7-10)13-11-8-4-5-9-12(11)20-15(13)19-16;16-15-18-13(9-4-3-7-17-8-9)12-10-5-1-2-6-11(10)20-14(12)19-15/h2*1-13H;2*1-9H;1-8H/i;;1D,2D,3D,6D,7D;;. The fourth-order valence-corrected chi connectivity index (χ4v) is 14.2. The van der Waals surface area contributed by atoms with E-state index in [1.807, 2.05) is 188 Å². The van der Waals surface area contributed by atoms with Gasteiger partial charge in [0, 0.05) is 67.1 Å². The van der Waals surface area contributed by atoms with Gasteiger partial charge in [-0.15, -0.1) is 0 Å². The fourth-order valence-electron chi connectivity index (χ4n) is 13.4. The molecule has 0 unspecified atom stereocenters. The van der Waals surface area contributed by atoms with E-state index in [2.05, 4.69) is 115 Å². The average Bonchev–Trinajstić information content (AvgIpc) is 1.68. The summed E-state index contributed by atoms with van der Waals surface area (Å²) >= 11 is 30.3. The minimum absolute atomic E-state index is 0.0353. The molecule has 11 aromatic carbocycles. The monoisotopic (exact) mass is 1560 g/mol. The Labute approximate surface area is 668 Å². The zero-order valence-electron chi connectivity index (χ0n) is 63.0. The third-order valence-corrected chi connectivity index (χ3v) is 19.1. The molecule has 22 aromatic rings. The Morgan fingerprint density at radius 3 is 0.857 bits per heavy atom. The highest BCUT2D eigenvalue weighted by molar-refractivity contribution is 6.31. The van der Waals surface area contributed by atoms with Gasteiger partial charge in [0.25, 0.3) is 0 Å². The highest BCUT2D eigenvalue weighted by atomic mass is 35.5. The van der Waals surface area contributed by atoms with Crippen molar-refractivity contribution in [3.8, 4) is 78.5 Å². The summed E-state index contributed by atoms with van der Waals surface area (Å²) in [5.74, 6) is 0. The minimum atomic E-state index is -0.466. The van der Waals surface area contributed by atoms with Crippen LogP contribution in [0.25, 0.3) is 189 Å². The van der Waals surface area contributed by atoms with E-state index < -0.39 is 18.1 Å². The maximum absolute atomic E-state index is 8.17. The molecule has 0 saturated carbocycles. The molecule has 11 aromatic heterocycles. The lowest BCUT2D eigenvalue weighted by Crippen LogP contribution is -1.90. The minimum Gasteiger partial charge on any atom is -0.438 e. The normalized spacial score (nSPS) is 11.9. The van der Waals surface area contributed by atoms with Gasteiger partial charge in [0.2, 0.25) is 55.0 Å². The molecule has 536 valence electrons. The van der Waals surface area contributed by atoms with Gasteiger partial charge in [0.05, 0.1) is 62.3 Å². The molecular weight excluding hydrogens is 1500 g/mol. The van der Waals surface area contributed by atoms with Gasteiger partial charge in [-0.3, -0.25) is 4.98 Å². The van der Waals surface area contributed by atoms with Crippen LogP contribution in [0.4, 0.5) is 0 Å². The van der Waals surface area contributed by atoms with Gasteiger partial charge in [-0.05, 0) is 129 Å². The van der Waals surface area contributed by atoms with Crippen LogP contribution in [0.5, 0.6) is 0 Å². The first-order valence-corrected chi connectivity index (χ1v) is 36.6.